The number of allylic oxidation sites excluding steroid dienone is 1. The Labute approximate surface area is 452 Å². The number of benzene rings is 3. The molecule has 17 nitrogen and oxygen atoms in total. The first-order valence-corrected chi connectivity index (χ1v) is 26.8. The van der Waals surface area contributed by atoms with Gasteiger partial charge in [0.25, 0.3) is 0 Å². The van der Waals surface area contributed by atoms with Crippen LogP contribution in [0.2, 0.25) is 0 Å². The third-order valence-corrected chi connectivity index (χ3v) is 14.8. The Balaban J connectivity index is 1.38. The number of fused-ring (bicyclic) bond motifs is 4. The van der Waals surface area contributed by atoms with Crippen molar-refractivity contribution in [3.63, 3.8) is 0 Å². The minimum absolute atomic E-state index is 0.0137. The highest BCUT2D eigenvalue weighted by Crippen LogP contribution is 2.30. The fourth-order valence-electron chi connectivity index (χ4n) is 10.4. The minimum Gasteiger partial charge on any atom is -0.343 e. The molecule has 1 saturated heterocycles. The van der Waals surface area contributed by atoms with Gasteiger partial charge in [0.05, 0.1) is 16.6 Å². The summed E-state index contributed by atoms with van der Waals surface area (Å²) in [7, 11) is 3.02. The number of carbonyl (C=O) groups is 7. The molecule has 0 spiro atoms. The topological polar surface area (TPSA) is 208 Å². The van der Waals surface area contributed by atoms with E-state index in [1.807, 2.05) is 121 Å². The molecule has 2 aliphatic rings. The van der Waals surface area contributed by atoms with Gasteiger partial charge in [0.15, 0.2) is 0 Å². The Morgan fingerprint density at radius 2 is 1.25 bits per heavy atom. The number of hydrogen-bond donors (Lipinski definition) is 4. The van der Waals surface area contributed by atoms with Crippen molar-refractivity contribution in [2.45, 2.75) is 141 Å². The van der Waals surface area contributed by atoms with E-state index in [4.69, 9.17) is 0 Å². The Bertz CT molecular complexity index is 3000. The molecule has 77 heavy (non-hydrogen) atoms. The number of nitrogens with one attached hydrogen (secondary N) is 4. The fourth-order valence-corrected chi connectivity index (χ4v) is 10.4. The van der Waals surface area contributed by atoms with Crippen molar-refractivity contribution < 1.29 is 33.6 Å². The summed E-state index contributed by atoms with van der Waals surface area (Å²) in [6.07, 6.45) is 11.7. The Hall–Kier alpha value is -7.69. The fraction of sp³-hybridized carbons (Fsp3) is 0.450. The van der Waals surface area contributed by atoms with Crippen LogP contribution >= 0.6 is 0 Å². The van der Waals surface area contributed by atoms with E-state index in [-0.39, 0.29) is 56.9 Å². The summed E-state index contributed by atoms with van der Waals surface area (Å²) >= 11 is 0. The summed E-state index contributed by atoms with van der Waals surface area (Å²) in [4.78, 5) is 118. The second kappa shape index (κ2) is 25.0. The lowest BCUT2D eigenvalue weighted by atomic mass is 9.97. The van der Waals surface area contributed by atoms with Crippen LogP contribution in [0.15, 0.2) is 116 Å². The normalized spacial score (nSPS) is 23.5. The SMILES string of the molecule is C=CC(C)(C)n1cc(C[C@@H]2NC(=O)[C@H](Cc3ccccc3)NC(=O)[C@H](CC(C)C)N3CC/C=C\C[C@@H](C3=O)N(C)C(=O)[C@H](C)NC(=O)[C@H](Cc3ccc4nccnc4c3)NC(=O)[C@H](CC(C)C)N(C)C2=O)c2ccccc21. The van der Waals surface area contributed by atoms with Gasteiger partial charge in [-0.25, -0.2) is 0 Å². The van der Waals surface area contributed by atoms with Crippen LogP contribution in [0.3, 0.4) is 0 Å². The summed E-state index contributed by atoms with van der Waals surface area (Å²) < 4.78 is 2.07. The van der Waals surface area contributed by atoms with Crippen molar-refractivity contribution in [3.8, 4) is 0 Å². The number of para-hydroxylation sites is 1. The number of hydrogen-bond acceptors (Lipinski definition) is 9. The molecule has 408 valence electrons. The van der Waals surface area contributed by atoms with Crippen LogP contribution in [0.1, 0.15) is 90.8 Å². The van der Waals surface area contributed by atoms with Gasteiger partial charge in [-0.3, -0.25) is 43.5 Å². The van der Waals surface area contributed by atoms with Gasteiger partial charge in [0.1, 0.15) is 42.3 Å². The van der Waals surface area contributed by atoms with Crippen molar-refractivity contribution in [3.05, 3.63) is 133 Å². The van der Waals surface area contributed by atoms with Crippen LogP contribution in [0.25, 0.3) is 21.9 Å². The molecule has 7 rings (SSSR count). The van der Waals surface area contributed by atoms with Crippen LogP contribution in [0, 0.1) is 11.8 Å². The molecule has 7 atom stereocenters. The molecule has 3 aromatic carbocycles. The molecule has 0 aliphatic carbocycles. The van der Waals surface area contributed by atoms with Gasteiger partial charge in [0, 0.05) is 69.4 Å². The first-order valence-electron chi connectivity index (χ1n) is 26.8. The van der Waals surface area contributed by atoms with Crippen molar-refractivity contribution in [2.24, 2.45) is 11.8 Å². The number of carbonyl (C=O) groups excluding carboxylic acids is 7. The maximum absolute atomic E-state index is 15.6. The number of rotatable bonds is 12. The maximum atomic E-state index is 15.6. The molecule has 4 N–H and O–H groups in total. The van der Waals surface area contributed by atoms with E-state index in [9.17, 15) is 9.59 Å². The van der Waals surface area contributed by atoms with Crippen molar-refractivity contribution in [1.29, 1.82) is 0 Å². The van der Waals surface area contributed by atoms with Gasteiger partial charge in [-0.1, -0.05) is 101 Å². The summed E-state index contributed by atoms with van der Waals surface area (Å²) in [5.74, 6) is -4.38. The van der Waals surface area contributed by atoms with E-state index in [1.165, 1.54) is 35.7 Å². The van der Waals surface area contributed by atoms with Gasteiger partial charge in [-0.15, -0.1) is 6.58 Å². The molecular formula is C60H76N10O7. The van der Waals surface area contributed by atoms with Crippen LogP contribution in [0.5, 0.6) is 0 Å². The number of nitrogens with zero attached hydrogens (tertiary/aromatic N) is 6. The van der Waals surface area contributed by atoms with Crippen molar-refractivity contribution in [2.75, 3.05) is 20.6 Å². The lowest BCUT2D eigenvalue weighted by Gasteiger charge is -2.38. The van der Waals surface area contributed by atoms with Crippen LogP contribution in [-0.4, -0.2) is 134 Å². The molecule has 0 saturated carbocycles. The van der Waals surface area contributed by atoms with Crippen molar-refractivity contribution in [1.82, 2.24) is 50.5 Å². The van der Waals surface area contributed by atoms with Gasteiger partial charge >= 0.3 is 0 Å². The van der Waals surface area contributed by atoms with Crippen LogP contribution in [-0.2, 0) is 58.4 Å². The molecule has 4 heterocycles. The van der Waals surface area contributed by atoms with E-state index in [2.05, 4.69) is 42.4 Å². The molecule has 2 aliphatic heterocycles. The average molecular weight is 1050 g/mol. The van der Waals surface area contributed by atoms with Crippen molar-refractivity contribution >= 4 is 63.3 Å². The third kappa shape index (κ3) is 13.7. The predicted octanol–water partition coefficient (Wildman–Crippen LogP) is 5.80. The predicted molar refractivity (Wildman–Crippen MR) is 298 cm³/mol. The second-order valence-corrected chi connectivity index (χ2v) is 22.0. The number of amides is 7. The lowest BCUT2D eigenvalue weighted by Crippen LogP contribution is -2.61. The maximum Gasteiger partial charge on any atom is 0.246 e. The second-order valence-electron chi connectivity index (χ2n) is 22.0. The van der Waals surface area contributed by atoms with Gasteiger partial charge in [0.2, 0.25) is 41.4 Å². The number of likely N-dealkylation sites (N-methyl/N-ethyl adjacent to an activating group) is 2. The molecule has 1 fully saturated rings. The zero-order valence-electron chi connectivity index (χ0n) is 46.0. The van der Waals surface area contributed by atoms with Gasteiger partial charge < -0.3 is 40.5 Å². The number of aromatic nitrogens is 3. The van der Waals surface area contributed by atoms with Crippen LogP contribution in [0.4, 0.5) is 0 Å². The summed E-state index contributed by atoms with van der Waals surface area (Å²) in [6, 6.07) is 14.1. The Morgan fingerprint density at radius 3 is 1.92 bits per heavy atom. The van der Waals surface area contributed by atoms with E-state index >= 15 is 24.0 Å². The highest BCUT2D eigenvalue weighted by atomic mass is 16.2. The molecular weight excluding hydrogens is 973 g/mol. The minimum atomic E-state index is -1.29. The first-order chi connectivity index (χ1) is 36.7. The zero-order chi connectivity index (χ0) is 55.7. The summed E-state index contributed by atoms with van der Waals surface area (Å²) in [6.45, 7) is 17.5. The van der Waals surface area contributed by atoms with E-state index in [0.29, 0.717) is 23.0 Å². The standard InChI is InChI=1S/C60H76N10O7/c1-11-60(7,8)70-36-42(43-22-17-18-23-49(43)70)35-48-58(76)68(10)51(30-37(2)3)55(73)64-47(34-41-25-26-44-45(33-41)62-28-27-61-44)53(71)63-39(6)57(75)67(9)50-24-16-13-19-29-69(59(50)77)52(31-38(4)5)56(74)65-46(54(72)66-48)32-40-20-14-12-15-21-40/h11-18,20-23,25-28,33,36-39,46-48,50-52H,1,19,24,29-32,34-35H2,2-10H3,(H,63,71)(H,64,73)(H,65,74)(H,66,72)/b16-13-/t39-,46-,47-,48-,50-,51-,52-/m0/s1. The smallest absolute Gasteiger partial charge is 0.246 e. The average Bonchev–Trinajstić information content (AvgIpc) is 3.84. The Morgan fingerprint density at radius 1 is 0.649 bits per heavy atom. The largest absolute Gasteiger partial charge is 0.343 e. The molecule has 7 amide bonds. The van der Waals surface area contributed by atoms with Crippen LogP contribution < -0.4 is 21.3 Å². The zero-order valence-corrected chi connectivity index (χ0v) is 46.0. The quantitative estimate of drug-likeness (QED) is 0.111. The molecule has 2 bridgehead atoms. The van der Waals surface area contributed by atoms with Gasteiger partial charge in [-0.2, -0.15) is 0 Å². The van der Waals surface area contributed by atoms with Gasteiger partial charge in [-0.05, 0) is 93.2 Å². The summed E-state index contributed by atoms with van der Waals surface area (Å²) in [5.41, 5.74) is 3.65. The monoisotopic (exact) mass is 1050 g/mol. The highest BCUT2D eigenvalue weighted by Gasteiger charge is 2.41. The first kappa shape index (κ1) is 57.0. The van der Waals surface area contributed by atoms with E-state index in [1.54, 1.807) is 30.6 Å². The third-order valence-electron chi connectivity index (χ3n) is 14.8. The van der Waals surface area contributed by atoms with E-state index in [0.717, 1.165) is 22.0 Å². The summed E-state index contributed by atoms with van der Waals surface area (Å²) in [5, 5.41) is 12.7. The highest BCUT2D eigenvalue weighted by molar-refractivity contribution is 5.99. The molecule has 0 radical (unpaired) electrons. The lowest BCUT2D eigenvalue weighted by molar-refractivity contribution is -0.150. The van der Waals surface area contributed by atoms with E-state index < -0.39 is 89.2 Å². The molecule has 0 unspecified atom stereocenters. The molecule has 17 heteroatoms. The Kier molecular flexibility index (Phi) is 18.5. The molecule has 5 aromatic rings. The molecule has 2 aromatic heterocycles.